The minimum Gasteiger partial charge on any atom is -0.458 e. The van der Waals surface area contributed by atoms with Gasteiger partial charge in [0.15, 0.2) is 0 Å². The molecule has 0 amide bonds. The van der Waals surface area contributed by atoms with Gasteiger partial charge in [-0.15, -0.1) is 0 Å². The van der Waals surface area contributed by atoms with E-state index in [4.69, 9.17) is 4.74 Å². The van der Waals surface area contributed by atoms with Crippen LogP contribution < -0.4 is 5.32 Å². The summed E-state index contributed by atoms with van der Waals surface area (Å²) in [6.07, 6.45) is 0.935. The van der Waals surface area contributed by atoms with Crippen molar-refractivity contribution in [2.75, 3.05) is 5.32 Å². The van der Waals surface area contributed by atoms with Crippen LogP contribution in [0.3, 0.4) is 0 Å². The molecule has 1 aromatic rings. The summed E-state index contributed by atoms with van der Waals surface area (Å²) in [5.74, 6) is -0.228. The van der Waals surface area contributed by atoms with Gasteiger partial charge in [-0.25, -0.2) is 4.79 Å². The number of para-hydroxylation sites is 1. The molecule has 0 spiro atoms. The topological polar surface area (TPSA) is 38.3 Å². The molecule has 0 aromatic heterocycles. The van der Waals surface area contributed by atoms with E-state index in [1.807, 2.05) is 45.9 Å². The number of hydrogen-bond acceptors (Lipinski definition) is 3. The molecule has 1 atom stereocenters. The van der Waals surface area contributed by atoms with E-state index in [9.17, 15) is 4.79 Å². The van der Waals surface area contributed by atoms with E-state index in [-0.39, 0.29) is 12.0 Å². The van der Waals surface area contributed by atoms with Gasteiger partial charge in [0, 0.05) is 5.69 Å². The summed E-state index contributed by atoms with van der Waals surface area (Å²) in [5.41, 5.74) is 1.75. The highest BCUT2D eigenvalue weighted by Gasteiger charge is 2.21. The van der Waals surface area contributed by atoms with Crippen molar-refractivity contribution in [1.82, 2.24) is 0 Å². The summed E-state index contributed by atoms with van der Waals surface area (Å²) < 4.78 is 5.34. The van der Waals surface area contributed by atoms with E-state index < -0.39 is 5.60 Å². The molecule has 18 heavy (non-hydrogen) atoms. The van der Waals surface area contributed by atoms with Gasteiger partial charge in [-0.05, 0) is 45.7 Å². The molecular formula is C15H23NO2. The lowest BCUT2D eigenvalue weighted by atomic mass is 10.1. The van der Waals surface area contributed by atoms with Crippen LogP contribution in [0.25, 0.3) is 0 Å². The molecule has 0 aliphatic rings. The van der Waals surface area contributed by atoms with Crippen LogP contribution in [0.2, 0.25) is 0 Å². The summed E-state index contributed by atoms with van der Waals surface area (Å²) in [6.45, 7) is 9.53. The number of hydrogen-bond donors (Lipinski definition) is 1. The van der Waals surface area contributed by atoms with E-state index in [0.717, 1.165) is 12.1 Å². The zero-order valence-electron chi connectivity index (χ0n) is 11.9. The average Bonchev–Trinajstić information content (AvgIpc) is 2.27. The predicted molar refractivity (Wildman–Crippen MR) is 74.7 cm³/mol. The standard InChI is InChI=1S/C15H23NO2/c1-6-12-9-7-8-10-13(12)16-11(2)14(17)18-15(3,4)5/h7-11,16H,6H2,1-5H3. The number of carbonyl (C=O) groups is 1. The Hall–Kier alpha value is -1.51. The Morgan fingerprint density at radius 1 is 1.33 bits per heavy atom. The monoisotopic (exact) mass is 249 g/mol. The molecule has 1 N–H and O–H groups in total. The summed E-state index contributed by atoms with van der Waals surface area (Å²) >= 11 is 0. The maximum Gasteiger partial charge on any atom is 0.328 e. The summed E-state index contributed by atoms with van der Waals surface area (Å²) in [6, 6.07) is 7.66. The van der Waals surface area contributed by atoms with Crippen LogP contribution in [-0.4, -0.2) is 17.6 Å². The minimum atomic E-state index is -0.447. The third-order valence-electron chi connectivity index (χ3n) is 2.53. The van der Waals surface area contributed by atoms with Crippen LogP contribution in [0.1, 0.15) is 40.2 Å². The van der Waals surface area contributed by atoms with Crippen LogP contribution >= 0.6 is 0 Å². The Labute approximate surface area is 110 Å². The molecule has 0 aliphatic heterocycles. The molecule has 0 saturated heterocycles. The van der Waals surface area contributed by atoms with E-state index >= 15 is 0 Å². The van der Waals surface area contributed by atoms with Crippen molar-refractivity contribution in [2.45, 2.75) is 52.7 Å². The van der Waals surface area contributed by atoms with Crippen LogP contribution in [0.4, 0.5) is 5.69 Å². The van der Waals surface area contributed by atoms with Gasteiger partial charge in [-0.1, -0.05) is 25.1 Å². The zero-order chi connectivity index (χ0) is 13.8. The van der Waals surface area contributed by atoms with E-state index in [0.29, 0.717) is 0 Å². The molecule has 0 radical (unpaired) electrons. The first-order valence-corrected chi connectivity index (χ1v) is 6.41. The van der Waals surface area contributed by atoms with Crippen LogP contribution in [0, 0.1) is 0 Å². The van der Waals surface area contributed by atoms with E-state index in [1.165, 1.54) is 5.56 Å². The minimum absolute atomic E-state index is 0.228. The molecule has 0 fully saturated rings. The molecule has 0 saturated carbocycles. The van der Waals surface area contributed by atoms with Crippen LogP contribution in [0.15, 0.2) is 24.3 Å². The summed E-state index contributed by atoms with van der Waals surface area (Å²) in [7, 11) is 0. The molecule has 3 heteroatoms. The first-order valence-electron chi connectivity index (χ1n) is 6.41. The molecule has 3 nitrogen and oxygen atoms in total. The molecule has 1 unspecified atom stereocenters. The van der Waals surface area contributed by atoms with Gasteiger partial charge < -0.3 is 10.1 Å². The average molecular weight is 249 g/mol. The smallest absolute Gasteiger partial charge is 0.328 e. The van der Waals surface area contributed by atoms with Crippen LogP contribution in [0.5, 0.6) is 0 Å². The second-order valence-corrected chi connectivity index (χ2v) is 5.41. The van der Waals surface area contributed by atoms with Gasteiger partial charge in [-0.2, -0.15) is 0 Å². The molecule has 1 rings (SSSR count). The van der Waals surface area contributed by atoms with Crippen molar-refractivity contribution in [3.05, 3.63) is 29.8 Å². The third-order valence-corrected chi connectivity index (χ3v) is 2.53. The lowest BCUT2D eigenvalue weighted by Gasteiger charge is -2.23. The fourth-order valence-corrected chi connectivity index (χ4v) is 1.65. The number of carbonyl (C=O) groups excluding carboxylic acids is 1. The Bertz CT molecular complexity index is 407. The van der Waals surface area contributed by atoms with E-state index in [1.54, 1.807) is 0 Å². The quantitative estimate of drug-likeness (QED) is 0.831. The Morgan fingerprint density at radius 3 is 2.50 bits per heavy atom. The maximum absolute atomic E-state index is 11.9. The highest BCUT2D eigenvalue weighted by molar-refractivity contribution is 5.79. The molecule has 1 aromatic carbocycles. The Balaban J connectivity index is 2.69. The van der Waals surface area contributed by atoms with Crippen molar-refractivity contribution < 1.29 is 9.53 Å². The Kier molecular flexibility index (Phi) is 4.76. The van der Waals surface area contributed by atoms with Gasteiger partial charge in [0.25, 0.3) is 0 Å². The SMILES string of the molecule is CCc1ccccc1NC(C)C(=O)OC(C)(C)C. The predicted octanol–water partition coefficient (Wildman–Crippen LogP) is 3.39. The highest BCUT2D eigenvalue weighted by atomic mass is 16.6. The van der Waals surface area contributed by atoms with E-state index in [2.05, 4.69) is 18.3 Å². The maximum atomic E-state index is 11.9. The Morgan fingerprint density at radius 2 is 1.94 bits per heavy atom. The highest BCUT2D eigenvalue weighted by Crippen LogP contribution is 2.17. The summed E-state index contributed by atoms with van der Waals surface area (Å²) in [4.78, 5) is 11.9. The second kappa shape index (κ2) is 5.89. The first kappa shape index (κ1) is 14.6. The summed E-state index contributed by atoms with van der Waals surface area (Å²) in [5, 5.41) is 3.21. The van der Waals surface area contributed by atoms with Crippen molar-refractivity contribution in [1.29, 1.82) is 0 Å². The number of esters is 1. The van der Waals surface area contributed by atoms with Gasteiger partial charge in [0.05, 0.1) is 0 Å². The molecule has 0 bridgehead atoms. The number of aryl methyl sites for hydroxylation is 1. The van der Waals surface area contributed by atoms with Gasteiger partial charge in [0.2, 0.25) is 0 Å². The van der Waals surface area contributed by atoms with Crippen molar-refractivity contribution >= 4 is 11.7 Å². The number of anilines is 1. The molecule has 0 aliphatic carbocycles. The number of rotatable bonds is 4. The molecular weight excluding hydrogens is 226 g/mol. The molecule has 0 heterocycles. The normalized spacial score (nSPS) is 12.9. The molecule has 100 valence electrons. The van der Waals surface area contributed by atoms with Crippen molar-refractivity contribution in [3.8, 4) is 0 Å². The van der Waals surface area contributed by atoms with Gasteiger partial charge in [-0.3, -0.25) is 0 Å². The van der Waals surface area contributed by atoms with Crippen molar-refractivity contribution in [3.63, 3.8) is 0 Å². The lowest BCUT2D eigenvalue weighted by Crippen LogP contribution is -2.34. The van der Waals surface area contributed by atoms with Crippen LogP contribution in [-0.2, 0) is 16.0 Å². The van der Waals surface area contributed by atoms with Crippen molar-refractivity contribution in [2.24, 2.45) is 0 Å². The zero-order valence-corrected chi connectivity index (χ0v) is 11.9. The fraction of sp³-hybridized carbons (Fsp3) is 0.533. The number of benzene rings is 1. The first-order chi connectivity index (χ1) is 8.33. The van der Waals surface area contributed by atoms with Gasteiger partial charge >= 0.3 is 5.97 Å². The number of nitrogens with one attached hydrogen (secondary N) is 1. The third kappa shape index (κ3) is 4.40. The largest absolute Gasteiger partial charge is 0.458 e. The lowest BCUT2D eigenvalue weighted by molar-refractivity contribution is -0.155. The second-order valence-electron chi connectivity index (χ2n) is 5.41. The van der Waals surface area contributed by atoms with Gasteiger partial charge in [0.1, 0.15) is 11.6 Å². The number of ether oxygens (including phenoxy) is 1. The fourth-order valence-electron chi connectivity index (χ4n) is 1.65.